The number of rotatable bonds is 8. The van der Waals surface area contributed by atoms with Gasteiger partial charge in [0.25, 0.3) is 0 Å². The minimum absolute atomic E-state index is 0.316. The minimum atomic E-state index is 0.316. The quantitative estimate of drug-likeness (QED) is 0.734. The van der Waals surface area contributed by atoms with E-state index in [-0.39, 0.29) is 0 Å². The van der Waals surface area contributed by atoms with Crippen molar-refractivity contribution in [2.45, 2.75) is 27.2 Å². The molecule has 2 N–H and O–H groups in total. The molecule has 5 nitrogen and oxygen atoms in total. The highest BCUT2D eigenvalue weighted by atomic mass is 16.4. The van der Waals surface area contributed by atoms with Gasteiger partial charge in [0.1, 0.15) is 6.07 Å². The van der Waals surface area contributed by atoms with Crippen molar-refractivity contribution >= 4 is 5.88 Å². The molecule has 0 radical (unpaired) electrons. The second-order valence-electron chi connectivity index (χ2n) is 5.66. The minimum Gasteiger partial charge on any atom is -0.419 e. The van der Waals surface area contributed by atoms with E-state index in [0.717, 1.165) is 38.2 Å². The molecule has 0 bridgehead atoms. The molecule has 0 aliphatic rings. The van der Waals surface area contributed by atoms with Crippen LogP contribution in [-0.2, 0) is 0 Å². The summed E-state index contributed by atoms with van der Waals surface area (Å²) in [4.78, 5) is 5.85. The molecule has 0 amide bonds. The lowest BCUT2D eigenvalue weighted by atomic mass is 10.1. The molecular formula is C18H25N4O+. The Labute approximate surface area is 137 Å². The van der Waals surface area contributed by atoms with Crippen molar-refractivity contribution in [2.24, 2.45) is 0 Å². The second-order valence-corrected chi connectivity index (χ2v) is 5.66. The lowest BCUT2D eigenvalue weighted by Crippen LogP contribution is -3.11. The van der Waals surface area contributed by atoms with E-state index in [9.17, 15) is 5.26 Å². The van der Waals surface area contributed by atoms with Crippen LogP contribution in [0, 0.1) is 18.3 Å². The number of hydrogen-bond donors (Lipinski definition) is 2. The Morgan fingerprint density at radius 2 is 1.91 bits per heavy atom. The van der Waals surface area contributed by atoms with E-state index in [1.807, 2.05) is 31.2 Å². The van der Waals surface area contributed by atoms with Crippen LogP contribution in [0.4, 0.5) is 5.88 Å². The number of anilines is 1. The predicted molar refractivity (Wildman–Crippen MR) is 91.4 cm³/mol. The van der Waals surface area contributed by atoms with Crippen molar-refractivity contribution in [1.29, 1.82) is 5.26 Å². The number of nitrogens with one attached hydrogen (secondary N) is 2. The number of quaternary nitrogens is 1. The van der Waals surface area contributed by atoms with Crippen molar-refractivity contribution in [2.75, 3.05) is 31.5 Å². The topological polar surface area (TPSA) is 66.3 Å². The van der Waals surface area contributed by atoms with Gasteiger partial charge in [0, 0.05) is 18.5 Å². The molecular weight excluding hydrogens is 288 g/mol. The second kappa shape index (κ2) is 8.35. The fourth-order valence-corrected chi connectivity index (χ4v) is 2.48. The summed E-state index contributed by atoms with van der Waals surface area (Å²) in [6, 6.07) is 10.0. The molecule has 1 aromatic heterocycles. The van der Waals surface area contributed by atoms with Gasteiger partial charge < -0.3 is 14.6 Å². The average molecular weight is 313 g/mol. The third-order valence-corrected chi connectivity index (χ3v) is 4.02. The summed E-state index contributed by atoms with van der Waals surface area (Å²) in [5.41, 5.74) is 2.38. The third-order valence-electron chi connectivity index (χ3n) is 4.02. The highest BCUT2D eigenvalue weighted by Gasteiger charge is 2.14. The largest absolute Gasteiger partial charge is 0.419 e. The van der Waals surface area contributed by atoms with Gasteiger partial charge in [-0.05, 0) is 32.9 Å². The Hall–Kier alpha value is -2.32. The number of aryl methyl sites for hydroxylation is 1. The van der Waals surface area contributed by atoms with Crippen LogP contribution < -0.4 is 10.2 Å². The fourth-order valence-electron chi connectivity index (χ4n) is 2.48. The molecule has 1 aromatic carbocycles. The molecule has 23 heavy (non-hydrogen) atoms. The summed E-state index contributed by atoms with van der Waals surface area (Å²) >= 11 is 0. The molecule has 0 saturated heterocycles. The third kappa shape index (κ3) is 4.57. The summed E-state index contributed by atoms with van der Waals surface area (Å²) in [7, 11) is 0. The first kappa shape index (κ1) is 17.0. The number of aromatic nitrogens is 1. The molecule has 2 aromatic rings. The van der Waals surface area contributed by atoms with Crippen molar-refractivity contribution < 1.29 is 9.32 Å². The zero-order valence-corrected chi connectivity index (χ0v) is 14.1. The summed E-state index contributed by atoms with van der Waals surface area (Å²) in [5.74, 6) is 0.955. The summed E-state index contributed by atoms with van der Waals surface area (Å²) in [6.45, 7) is 10.6. The summed E-state index contributed by atoms with van der Waals surface area (Å²) < 4.78 is 5.74. The van der Waals surface area contributed by atoms with Crippen LogP contribution in [0.1, 0.15) is 31.5 Å². The van der Waals surface area contributed by atoms with Crippen LogP contribution in [0.15, 0.2) is 28.7 Å². The van der Waals surface area contributed by atoms with Gasteiger partial charge >= 0.3 is 0 Å². The maximum Gasteiger partial charge on any atom is 0.232 e. The van der Waals surface area contributed by atoms with E-state index in [2.05, 4.69) is 30.2 Å². The van der Waals surface area contributed by atoms with Crippen molar-refractivity contribution in [3.05, 3.63) is 35.5 Å². The van der Waals surface area contributed by atoms with Gasteiger partial charge in [0.2, 0.25) is 17.5 Å². The van der Waals surface area contributed by atoms with Crippen molar-refractivity contribution in [3.8, 4) is 17.5 Å². The van der Waals surface area contributed by atoms with E-state index in [4.69, 9.17) is 4.42 Å². The lowest BCUT2D eigenvalue weighted by molar-refractivity contribution is -0.896. The Morgan fingerprint density at radius 1 is 1.22 bits per heavy atom. The first-order chi connectivity index (χ1) is 11.2. The van der Waals surface area contributed by atoms with Gasteiger partial charge in [-0.2, -0.15) is 10.2 Å². The number of benzene rings is 1. The van der Waals surface area contributed by atoms with Crippen LogP contribution in [0.2, 0.25) is 0 Å². The standard InChI is InChI=1S/C18H24N4O/c1-4-22(5-2)12-6-11-20-18-16(13-19)21-17(23-18)15-9-7-14(3)8-10-15/h7-10,20H,4-6,11-12H2,1-3H3/p+1. The smallest absolute Gasteiger partial charge is 0.232 e. The lowest BCUT2D eigenvalue weighted by Gasteiger charge is -2.14. The SMILES string of the molecule is CC[NH+](CC)CCCNc1oc(-c2ccc(C)cc2)nc1C#N. The molecule has 0 aliphatic carbocycles. The van der Waals surface area contributed by atoms with Crippen LogP contribution in [-0.4, -0.2) is 31.2 Å². The van der Waals surface area contributed by atoms with Crippen molar-refractivity contribution in [3.63, 3.8) is 0 Å². The van der Waals surface area contributed by atoms with Crippen LogP contribution in [0.3, 0.4) is 0 Å². The average Bonchev–Trinajstić information content (AvgIpc) is 2.99. The van der Waals surface area contributed by atoms with E-state index >= 15 is 0 Å². The van der Waals surface area contributed by atoms with Gasteiger partial charge in [-0.1, -0.05) is 17.7 Å². The van der Waals surface area contributed by atoms with E-state index < -0.39 is 0 Å². The van der Waals surface area contributed by atoms with Crippen LogP contribution in [0.5, 0.6) is 0 Å². The number of nitriles is 1. The first-order valence-corrected chi connectivity index (χ1v) is 8.23. The van der Waals surface area contributed by atoms with Gasteiger partial charge in [0.15, 0.2) is 0 Å². The van der Waals surface area contributed by atoms with Gasteiger partial charge in [-0.15, -0.1) is 0 Å². The molecule has 1 heterocycles. The Kier molecular flexibility index (Phi) is 6.19. The number of hydrogen-bond acceptors (Lipinski definition) is 4. The van der Waals surface area contributed by atoms with Crippen LogP contribution in [0.25, 0.3) is 11.5 Å². The predicted octanol–water partition coefficient (Wildman–Crippen LogP) is 2.25. The highest BCUT2D eigenvalue weighted by molar-refractivity contribution is 5.59. The Balaban J connectivity index is 1.99. The molecule has 5 heteroatoms. The molecule has 0 aliphatic heterocycles. The highest BCUT2D eigenvalue weighted by Crippen LogP contribution is 2.25. The Morgan fingerprint density at radius 3 is 2.52 bits per heavy atom. The molecule has 0 unspecified atom stereocenters. The maximum absolute atomic E-state index is 9.23. The van der Waals surface area contributed by atoms with E-state index in [1.165, 1.54) is 5.56 Å². The van der Waals surface area contributed by atoms with Crippen LogP contribution >= 0.6 is 0 Å². The normalized spacial score (nSPS) is 10.7. The molecule has 2 rings (SSSR count). The van der Waals surface area contributed by atoms with E-state index in [1.54, 1.807) is 4.90 Å². The zero-order chi connectivity index (χ0) is 16.7. The molecule has 0 spiro atoms. The molecule has 122 valence electrons. The maximum atomic E-state index is 9.23. The molecule has 0 fully saturated rings. The number of oxazole rings is 1. The monoisotopic (exact) mass is 313 g/mol. The molecule has 0 saturated carbocycles. The Bertz CT molecular complexity index is 651. The molecule has 0 atom stereocenters. The number of nitrogens with zero attached hydrogens (tertiary/aromatic N) is 2. The van der Waals surface area contributed by atoms with E-state index in [0.29, 0.717) is 17.5 Å². The van der Waals surface area contributed by atoms with Gasteiger partial charge in [-0.3, -0.25) is 0 Å². The summed E-state index contributed by atoms with van der Waals surface area (Å²) in [6.07, 6.45) is 1.03. The van der Waals surface area contributed by atoms with Gasteiger partial charge in [0.05, 0.1) is 19.6 Å². The van der Waals surface area contributed by atoms with Gasteiger partial charge in [-0.25, -0.2) is 0 Å². The summed E-state index contributed by atoms with van der Waals surface area (Å²) in [5, 5.41) is 12.4. The zero-order valence-electron chi connectivity index (χ0n) is 14.1. The fraction of sp³-hybridized carbons (Fsp3) is 0.444. The first-order valence-electron chi connectivity index (χ1n) is 8.23. The van der Waals surface area contributed by atoms with Crippen molar-refractivity contribution in [1.82, 2.24) is 4.98 Å².